The SMILES string of the molecule is Cl.O=C1NCCc2ccc(S(=O)(=O)N3C4CCNCC3CC4)cc21. The molecule has 3 aliphatic heterocycles. The molecule has 2 fully saturated rings. The number of amides is 1. The fourth-order valence-corrected chi connectivity index (χ4v) is 5.93. The Hall–Kier alpha value is -1.15. The predicted octanol–water partition coefficient (Wildman–Crippen LogP) is 0.909. The lowest BCUT2D eigenvalue weighted by atomic mass is 10.0. The van der Waals surface area contributed by atoms with Crippen molar-refractivity contribution in [3.63, 3.8) is 0 Å². The molecule has 0 aromatic heterocycles. The van der Waals surface area contributed by atoms with Crippen LogP contribution in [0.4, 0.5) is 0 Å². The molecule has 24 heavy (non-hydrogen) atoms. The topological polar surface area (TPSA) is 78.5 Å². The van der Waals surface area contributed by atoms with E-state index in [-0.39, 0.29) is 35.3 Å². The summed E-state index contributed by atoms with van der Waals surface area (Å²) >= 11 is 0. The van der Waals surface area contributed by atoms with E-state index >= 15 is 0 Å². The van der Waals surface area contributed by atoms with Crippen LogP contribution in [-0.4, -0.2) is 50.3 Å². The third-order valence-electron chi connectivity index (χ3n) is 5.17. The van der Waals surface area contributed by atoms with Crippen LogP contribution in [0.3, 0.4) is 0 Å². The van der Waals surface area contributed by atoms with E-state index in [0.29, 0.717) is 18.7 Å². The van der Waals surface area contributed by atoms with Crippen LogP contribution >= 0.6 is 12.4 Å². The maximum Gasteiger partial charge on any atom is 0.251 e. The lowest BCUT2D eigenvalue weighted by Gasteiger charge is -2.27. The van der Waals surface area contributed by atoms with E-state index in [4.69, 9.17) is 0 Å². The van der Waals surface area contributed by atoms with Crippen molar-refractivity contribution in [1.82, 2.24) is 14.9 Å². The number of halogens is 1. The highest BCUT2D eigenvalue weighted by atomic mass is 35.5. The Morgan fingerprint density at radius 3 is 2.71 bits per heavy atom. The van der Waals surface area contributed by atoms with E-state index in [0.717, 1.165) is 37.8 Å². The highest BCUT2D eigenvalue weighted by Gasteiger charge is 2.43. The van der Waals surface area contributed by atoms with Gasteiger partial charge in [-0.2, -0.15) is 4.31 Å². The zero-order chi connectivity index (χ0) is 16.0. The maximum absolute atomic E-state index is 13.2. The smallest absolute Gasteiger partial charge is 0.251 e. The van der Waals surface area contributed by atoms with Crippen LogP contribution in [0, 0.1) is 0 Å². The van der Waals surface area contributed by atoms with E-state index in [2.05, 4.69) is 10.6 Å². The molecule has 0 radical (unpaired) electrons. The minimum absolute atomic E-state index is 0. The standard InChI is InChI=1S/C16H21N3O3S.ClH/c20-16-15-9-14(4-1-11(15)5-8-18-16)23(21,22)19-12-2-3-13(19)10-17-7-6-12;/h1,4,9,12-13,17H,2-3,5-8,10H2,(H,18,20);1H. The normalized spacial score (nSPS) is 26.9. The quantitative estimate of drug-likeness (QED) is 0.810. The molecule has 3 aliphatic rings. The number of hydrogen-bond donors (Lipinski definition) is 2. The Morgan fingerprint density at radius 2 is 1.88 bits per heavy atom. The van der Waals surface area contributed by atoms with Gasteiger partial charge in [-0.05, 0) is 49.9 Å². The summed E-state index contributed by atoms with van der Waals surface area (Å²) in [5.74, 6) is -0.177. The second-order valence-electron chi connectivity index (χ2n) is 6.54. The fraction of sp³-hybridized carbons (Fsp3) is 0.562. The minimum atomic E-state index is -3.56. The van der Waals surface area contributed by atoms with Crippen LogP contribution in [0.1, 0.15) is 35.2 Å². The number of carbonyl (C=O) groups excluding carboxylic acids is 1. The first kappa shape index (κ1) is 17.7. The van der Waals surface area contributed by atoms with Crippen molar-refractivity contribution in [3.8, 4) is 0 Å². The summed E-state index contributed by atoms with van der Waals surface area (Å²) in [6.45, 7) is 2.18. The van der Waals surface area contributed by atoms with Gasteiger partial charge in [0.15, 0.2) is 0 Å². The van der Waals surface area contributed by atoms with Crippen LogP contribution in [0.25, 0.3) is 0 Å². The van der Waals surface area contributed by atoms with Crippen molar-refractivity contribution in [1.29, 1.82) is 0 Å². The Kier molecular flexibility index (Phi) is 4.88. The van der Waals surface area contributed by atoms with Gasteiger partial charge in [-0.25, -0.2) is 8.42 Å². The first-order chi connectivity index (χ1) is 11.1. The number of carbonyl (C=O) groups is 1. The average molecular weight is 372 g/mol. The number of nitrogens with zero attached hydrogens (tertiary/aromatic N) is 1. The molecule has 2 saturated heterocycles. The van der Waals surface area contributed by atoms with Gasteiger partial charge in [-0.3, -0.25) is 4.79 Å². The van der Waals surface area contributed by atoms with E-state index in [1.54, 1.807) is 22.5 Å². The molecule has 8 heteroatoms. The van der Waals surface area contributed by atoms with E-state index in [9.17, 15) is 13.2 Å². The van der Waals surface area contributed by atoms with Crippen molar-refractivity contribution >= 4 is 28.3 Å². The van der Waals surface area contributed by atoms with Gasteiger partial charge in [0.05, 0.1) is 4.90 Å². The van der Waals surface area contributed by atoms with Gasteiger partial charge < -0.3 is 10.6 Å². The molecule has 132 valence electrons. The summed E-state index contributed by atoms with van der Waals surface area (Å²) in [6.07, 6.45) is 3.43. The zero-order valence-corrected chi connectivity index (χ0v) is 15.0. The van der Waals surface area contributed by atoms with Crippen LogP contribution in [0.5, 0.6) is 0 Å². The molecule has 3 heterocycles. The first-order valence-electron chi connectivity index (χ1n) is 8.23. The largest absolute Gasteiger partial charge is 0.352 e. The molecule has 6 nitrogen and oxygen atoms in total. The first-order valence-corrected chi connectivity index (χ1v) is 9.67. The lowest BCUT2D eigenvalue weighted by Crippen LogP contribution is -2.42. The van der Waals surface area contributed by atoms with Gasteiger partial charge in [0.25, 0.3) is 5.91 Å². The van der Waals surface area contributed by atoms with Crippen LogP contribution in [-0.2, 0) is 16.4 Å². The molecule has 2 unspecified atom stereocenters. The molecular formula is C16H22ClN3O3S. The second-order valence-corrected chi connectivity index (χ2v) is 8.38. The molecule has 1 aromatic carbocycles. The van der Waals surface area contributed by atoms with E-state index in [1.165, 1.54) is 0 Å². The number of fused-ring (bicyclic) bond motifs is 3. The van der Waals surface area contributed by atoms with Gasteiger partial charge in [0.1, 0.15) is 0 Å². The number of benzene rings is 1. The van der Waals surface area contributed by atoms with Crippen molar-refractivity contribution < 1.29 is 13.2 Å². The van der Waals surface area contributed by atoms with Gasteiger partial charge in [-0.15, -0.1) is 12.4 Å². The molecular weight excluding hydrogens is 350 g/mol. The van der Waals surface area contributed by atoms with Crippen molar-refractivity contribution in [2.24, 2.45) is 0 Å². The van der Waals surface area contributed by atoms with Gasteiger partial charge in [-0.1, -0.05) is 6.07 Å². The fourth-order valence-electron chi connectivity index (χ4n) is 4.00. The van der Waals surface area contributed by atoms with Crippen molar-refractivity contribution in [2.75, 3.05) is 19.6 Å². The summed E-state index contributed by atoms with van der Waals surface area (Å²) in [7, 11) is -3.56. The van der Waals surface area contributed by atoms with Crippen molar-refractivity contribution in [3.05, 3.63) is 29.3 Å². The monoisotopic (exact) mass is 371 g/mol. The van der Waals surface area contributed by atoms with Gasteiger partial charge >= 0.3 is 0 Å². The number of rotatable bonds is 2. The summed E-state index contributed by atoms with van der Waals surface area (Å²) in [6, 6.07) is 5.10. The zero-order valence-electron chi connectivity index (χ0n) is 13.3. The summed E-state index contributed by atoms with van der Waals surface area (Å²) in [5, 5.41) is 6.10. The van der Waals surface area contributed by atoms with Crippen LogP contribution in [0.2, 0.25) is 0 Å². The Balaban J connectivity index is 0.00000169. The molecule has 1 amide bonds. The molecule has 2 N–H and O–H groups in total. The molecule has 2 atom stereocenters. The Labute approximate surface area is 148 Å². The molecule has 0 aliphatic carbocycles. The maximum atomic E-state index is 13.2. The highest BCUT2D eigenvalue weighted by molar-refractivity contribution is 7.89. The van der Waals surface area contributed by atoms with Gasteiger partial charge in [0.2, 0.25) is 10.0 Å². The van der Waals surface area contributed by atoms with Gasteiger partial charge in [0, 0.05) is 30.7 Å². The summed E-state index contributed by atoms with van der Waals surface area (Å²) in [4.78, 5) is 12.3. The average Bonchev–Trinajstić information content (AvgIpc) is 2.81. The van der Waals surface area contributed by atoms with Crippen molar-refractivity contribution in [2.45, 2.75) is 42.7 Å². The van der Waals surface area contributed by atoms with E-state index < -0.39 is 10.0 Å². The third-order valence-corrected chi connectivity index (χ3v) is 7.17. The highest BCUT2D eigenvalue weighted by Crippen LogP contribution is 2.34. The molecule has 1 aromatic rings. The third kappa shape index (κ3) is 2.83. The Bertz CT molecular complexity index is 739. The van der Waals surface area contributed by atoms with Crippen LogP contribution in [0.15, 0.2) is 23.1 Å². The second kappa shape index (κ2) is 6.63. The molecule has 2 bridgehead atoms. The van der Waals surface area contributed by atoms with E-state index in [1.807, 2.05) is 0 Å². The molecule has 4 rings (SSSR count). The number of sulfonamides is 1. The molecule has 0 spiro atoms. The summed E-state index contributed by atoms with van der Waals surface area (Å²) < 4.78 is 28.0. The lowest BCUT2D eigenvalue weighted by molar-refractivity contribution is 0.0945. The molecule has 0 saturated carbocycles. The number of nitrogens with one attached hydrogen (secondary N) is 2. The Morgan fingerprint density at radius 1 is 1.08 bits per heavy atom. The minimum Gasteiger partial charge on any atom is -0.352 e. The number of hydrogen-bond acceptors (Lipinski definition) is 4. The predicted molar refractivity (Wildman–Crippen MR) is 93.0 cm³/mol. The van der Waals surface area contributed by atoms with Crippen LogP contribution < -0.4 is 10.6 Å². The summed E-state index contributed by atoms with van der Waals surface area (Å²) in [5.41, 5.74) is 1.42.